The van der Waals surface area contributed by atoms with Crippen LogP contribution in [0, 0.1) is 0 Å². The number of quaternary nitrogens is 1. The minimum Gasteiger partial charge on any atom is -0.484 e. The maximum absolute atomic E-state index is 12.4. The lowest BCUT2D eigenvalue weighted by Crippen LogP contribution is -2.97. The summed E-state index contributed by atoms with van der Waals surface area (Å²) < 4.78 is 5.58. The molecule has 1 spiro atoms. The van der Waals surface area contributed by atoms with E-state index in [0.717, 1.165) is 38.9 Å². The Bertz CT molecular complexity index is 751. The Labute approximate surface area is 151 Å². The second kappa shape index (κ2) is 6.69. The van der Waals surface area contributed by atoms with Crippen LogP contribution in [0.25, 0.3) is 0 Å². The number of halogens is 1. The van der Waals surface area contributed by atoms with Gasteiger partial charge in [0.2, 0.25) is 0 Å². The Kier molecular flexibility index (Phi) is 4.39. The van der Waals surface area contributed by atoms with Gasteiger partial charge in [-0.05, 0) is 24.3 Å². The van der Waals surface area contributed by atoms with Gasteiger partial charge in [-0.2, -0.15) is 0 Å². The number of carbonyl (C=O) groups excluding carboxylic acids is 1. The molecule has 3 N–H and O–H groups in total. The molecule has 1 aromatic carbocycles. The van der Waals surface area contributed by atoms with E-state index in [1.807, 2.05) is 4.90 Å². The lowest BCUT2D eigenvalue weighted by molar-refractivity contribution is -0.743. The number of aromatic amines is 1. The zero-order valence-corrected chi connectivity index (χ0v) is 14.8. The fourth-order valence-corrected chi connectivity index (χ4v) is 4.02. The number of aromatic nitrogens is 2. The molecule has 25 heavy (non-hydrogen) atoms. The van der Waals surface area contributed by atoms with Crippen LogP contribution in [-0.2, 0) is 16.8 Å². The first-order valence-corrected chi connectivity index (χ1v) is 9.07. The summed E-state index contributed by atoms with van der Waals surface area (Å²) in [5, 5.41) is 3.06. The molecule has 0 radical (unpaired) electrons. The smallest absolute Gasteiger partial charge is 0.260 e. The van der Waals surface area contributed by atoms with Gasteiger partial charge in [0.25, 0.3) is 5.91 Å². The van der Waals surface area contributed by atoms with Crippen molar-refractivity contribution in [1.29, 1.82) is 0 Å². The summed E-state index contributed by atoms with van der Waals surface area (Å²) in [7, 11) is 0. The summed E-state index contributed by atoms with van der Waals surface area (Å²) in [6.45, 7) is 2.62. The van der Waals surface area contributed by atoms with Crippen LogP contribution < -0.4 is 10.1 Å². The molecule has 0 unspecified atom stereocenters. The number of H-pyrrole nitrogens is 1. The molecule has 6 nitrogen and oxygen atoms in total. The molecule has 7 heteroatoms. The van der Waals surface area contributed by atoms with Gasteiger partial charge in [0.05, 0.1) is 12.9 Å². The van der Waals surface area contributed by atoms with Gasteiger partial charge in [-0.25, -0.2) is 4.98 Å². The Morgan fingerprint density at radius 2 is 2.08 bits per heavy atom. The maximum Gasteiger partial charge on any atom is 0.260 e. The number of likely N-dealkylation sites (tertiary alicyclic amines) is 1. The lowest BCUT2D eigenvalue weighted by atomic mass is 9.81. The topological polar surface area (TPSA) is 74.8 Å². The fourth-order valence-electron chi connectivity index (χ4n) is 3.89. The number of rotatable bonds is 3. The van der Waals surface area contributed by atoms with Crippen molar-refractivity contribution in [2.75, 3.05) is 26.2 Å². The van der Waals surface area contributed by atoms with Crippen LogP contribution in [-0.4, -0.2) is 47.0 Å². The number of nitrogens with one attached hydrogen (secondary N) is 1. The Hall–Kier alpha value is -2.05. The number of ether oxygens (including phenoxy) is 1. The third-order valence-corrected chi connectivity index (χ3v) is 5.56. The maximum atomic E-state index is 12.4. The van der Waals surface area contributed by atoms with Crippen LogP contribution in [0.2, 0.25) is 5.02 Å². The summed E-state index contributed by atoms with van der Waals surface area (Å²) in [6.07, 6.45) is 4.69. The Morgan fingerprint density at radius 1 is 1.32 bits per heavy atom. The molecule has 4 rings (SSSR count). The highest BCUT2D eigenvalue weighted by Crippen LogP contribution is 2.31. The average molecular weight is 362 g/mol. The van der Waals surface area contributed by atoms with Gasteiger partial charge >= 0.3 is 0 Å². The van der Waals surface area contributed by atoms with E-state index in [1.165, 1.54) is 11.4 Å². The van der Waals surface area contributed by atoms with Crippen molar-refractivity contribution in [3.8, 4) is 5.75 Å². The summed E-state index contributed by atoms with van der Waals surface area (Å²) >= 11 is 5.85. The first-order chi connectivity index (χ1) is 12.2. The first-order valence-electron chi connectivity index (χ1n) is 8.69. The van der Waals surface area contributed by atoms with Gasteiger partial charge in [0.15, 0.2) is 6.61 Å². The number of imidazole rings is 1. The summed E-state index contributed by atoms with van der Waals surface area (Å²) in [4.78, 5) is 22.2. The van der Waals surface area contributed by atoms with Gasteiger partial charge in [0.1, 0.15) is 17.0 Å². The fraction of sp³-hybridized carbons (Fsp3) is 0.444. The number of nitrogens with zero attached hydrogens (tertiary/aromatic N) is 2. The van der Waals surface area contributed by atoms with Crippen LogP contribution in [0.3, 0.4) is 0 Å². The van der Waals surface area contributed by atoms with Crippen molar-refractivity contribution in [3.05, 3.63) is 47.0 Å². The minimum atomic E-state index is 0.0292. The Balaban J connectivity index is 1.34. The summed E-state index contributed by atoms with van der Waals surface area (Å²) in [5.74, 6) is 0.691. The molecule has 2 aliphatic heterocycles. The molecule has 3 heterocycles. The normalized spacial score (nSPS) is 18.8. The van der Waals surface area contributed by atoms with Crippen molar-refractivity contribution >= 4 is 17.5 Å². The van der Waals surface area contributed by atoms with Gasteiger partial charge in [-0.1, -0.05) is 11.6 Å². The van der Waals surface area contributed by atoms with Crippen molar-refractivity contribution in [3.63, 3.8) is 0 Å². The quantitative estimate of drug-likeness (QED) is 0.859. The molecule has 0 bridgehead atoms. The molecule has 132 valence electrons. The van der Waals surface area contributed by atoms with Crippen LogP contribution in [0.15, 0.2) is 30.6 Å². The molecule has 0 aliphatic carbocycles. The third kappa shape index (κ3) is 3.24. The number of hydrogen-bond acceptors (Lipinski definition) is 3. The largest absolute Gasteiger partial charge is 0.484 e. The molecule has 2 aliphatic rings. The van der Waals surface area contributed by atoms with Gasteiger partial charge in [0, 0.05) is 43.1 Å². The second-order valence-electron chi connectivity index (χ2n) is 6.75. The van der Waals surface area contributed by atoms with Gasteiger partial charge in [-0.3, -0.25) is 4.79 Å². The second-order valence-corrected chi connectivity index (χ2v) is 7.19. The average Bonchev–Trinajstić information content (AvgIpc) is 3.12. The van der Waals surface area contributed by atoms with Crippen LogP contribution in [0.1, 0.15) is 24.2 Å². The van der Waals surface area contributed by atoms with E-state index >= 15 is 0 Å². The highest BCUT2D eigenvalue weighted by molar-refractivity contribution is 6.30. The van der Waals surface area contributed by atoms with Gasteiger partial charge in [-0.15, -0.1) is 0 Å². The SMILES string of the molecule is O=C(COc1ccc(Cl)cc1)N1CCC2(CC1)[NH2+]CCc1[nH]cnc12. The predicted octanol–water partition coefficient (Wildman–Crippen LogP) is 1.08. The van der Waals surface area contributed by atoms with E-state index in [2.05, 4.69) is 15.3 Å². The molecular formula is C18H22ClN4O2+. The van der Waals surface area contributed by atoms with Crippen molar-refractivity contribution in [1.82, 2.24) is 14.9 Å². The first kappa shape index (κ1) is 16.4. The van der Waals surface area contributed by atoms with Crippen molar-refractivity contribution in [2.24, 2.45) is 0 Å². The molecule has 2 aromatic rings. The molecule has 0 atom stereocenters. The molecule has 1 fully saturated rings. The van der Waals surface area contributed by atoms with Gasteiger partial charge < -0.3 is 19.9 Å². The highest BCUT2D eigenvalue weighted by atomic mass is 35.5. The predicted molar refractivity (Wildman–Crippen MR) is 93.5 cm³/mol. The number of benzene rings is 1. The lowest BCUT2D eigenvalue weighted by Gasteiger charge is -2.41. The number of piperidine rings is 1. The monoisotopic (exact) mass is 361 g/mol. The van der Waals surface area contributed by atoms with Crippen LogP contribution in [0.5, 0.6) is 5.75 Å². The number of nitrogens with two attached hydrogens (primary N) is 1. The zero-order chi connectivity index (χ0) is 17.3. The van der Waals surface area contributed by atoms with Crippen LogP contribution >= 0.6 is 11.6 Å². The van der Waals surface area contributed by atoms with E-state index in [1.54, 1.807) is 30.6 Å². The minimum absolute atomic E-state index is 0.0292. The summed E-state index contributed by atoms with van der Waals surface area (Å²) in [6, 6.07) is 7.06. The van der Waals surface area contributed by atoms with Crippen molar-refractivity contribution in [2.45, 2.75) is 24.8 Å². The molecular weight excluding hydrogens is 340 g/mol. The van der Waals surface area contributed by atoms with E-state index in [4.69, 9.17) is 16.3 Å². The molecule has 1 amide bonds. The molecule has 1 saturated heterocycles. The zero-order valence-electron chi connectivity index (χ0n) is 14.0. The van der Waals surface area contributed by atoms with Crippen molar-refractivity contribution < 1.29 is 14.8 Å². The molecule has 1 aromatic heterocycles. The van der Waals surface area contributed by atoms with Crippen LogP contribution in [0.4, 0.5) is 0 Å². The number of fused-ring (bicyclic) bond motifs is 2. The van der Waals surface area contributed by atoms with E-state index in [0.29, 0.717) is 10.8 Å². The van der Waals surface area contributed by atoms with E-state index < -0.39 is 0 Å². The number of carbonyl (C=O) groups is 1. The highest BCUT2D eigenvalue weighted by Gasteiger charge is 2.45. The number of hydrogen-bond donors (Lipinski definition) is 2. The molecule has 0 saturated carbocycles. The standard InChI is InChI=1S/C18H21ClN4O2/c19-13-1-3-14(4-2-13)25-11-16(24)23-9-6-18(7-10-23)17-15(5-8-22-18)20-12-21-17/h1-4,12,22H,5-11H2,(H,20,21)/p+1. The Morgan fingerprint density at radius 3 is 2.84 bits per heavy atom. The number of amides is 1. The van der Waals surface area contributed by atoms with E-state index in [9.17, 15) is 4.79 Å². The third-order valence-electron chi connectivity index (χ3n) is 5.30. The summed E-state index contributed by atoms with van der Waals surface area (Å²) in [5.41, 5.74) is 2.47. The van der Waals surface area contributed by atoms with E-state index in [-0.39, 0.29) is 18.1 Å².